The van der Waals surface area contributed by atoms with Gasteiger partial charge in [-0.15, -0.1) is 0 Å². The van der Waals surface area contributed by atoms with Crippen LogP contribution >= 0.6 is 0 Å². The van der Waals surface area contributed by atoms with Crippen molar-refractivity contribution in [1.29, 1.82) is 0 Å². The third kappa shape index (κ3) is 5.64. The molecule has 0 aromatic heterocycles. The molecule has 2 fully saturated rings. The lowest BCUT2D eigenvalue weighted by Crippen LogP contribution is -2.57. The predicted molar refractivity (Wildman–Crippen MR) is 124 cm³/mol. The van der Waals surface area contributed by atoms with Crippen LogP contribution in [0.1, 0.15) is 80.1 Å². The summed E-state index contributed by atoms with van der Waals surface area (Å²) in [6.45, 7) is 11.0. The molecule has 0 bridgehead atoms. The third-order valence-electron chi connectivity index (χ3n) is 7.33. The summed E-state index contributed by atoms with van der Waals surface area (Å²) in [5.41, 5.74) is 3.04. The van der Waals surface area contributed by atoms with E-state index >= 15 is 0 Å². The highest BCUT2D eigenvalue weighted by Crippen LogP contribution is 2.27. The van der Waals surface area contributed by atoms with Gasteiger partial charge in [0.05, 0.1) is 0 Å². The molecule has 0 aliphatic carbocycles. The summed E-state index contributed by atoms with van der Waals surface area (Å²) in [4.78, 5) is 78.7. The number of hydrogen-bond acceptors (Lipinski definition) is 6. The summed E-state index contributed by atoms with van der Waals surface area (Å²) in [6.07, 6.45) is 2.87. The Morgan fingerprint density at radius 2 is 1.00 bits per heavy atom. The fourth-order valence-electron chi connectivity index (χ4n) is 4.02. The normalized spacial score (nSPS) is 20.8. The Morgan fingerprint density at radius 1 is 0.676 bits per heavy atom. The van der Waals surface area contributed by atoms with Gasteiger partial charge < -0.3 is 9.80 Å². The minimum Gasteiger partial charge on any atom is -0.324 e. The summed E-state index contributed by atoms with van der Waals surface area (Å²) in [5.74, 6) is -3.67. The SMILES string of the molecule is CCC(C)(C)C(=O)C(=O)N1CCC[C@@H]1C(=O)NNC(=O)[C@H]1CCCN1C(=O)C(=O)C(C)(C)CC. The summed E-state index contributed by atoms with van der Waals surface area (Å²) in [6, 6.07) is -1.73. The Bertz CT molecular complexity index is 796. The third-order valence-corrected chi connectivity index (χ3v) is 7.33. The molecule has 10 heteroatoms. The lowest BCUT2D eigenvalue weighted by molar-refractivity contribution is -0.152. The van der Waals surface area contributed by atoms with Crippen molar-refractivity contribution in [1.82, 2.24) is 20.7 Å². The second-order valence-electron chi connectivity index (χ2n) is 10.4. The largest absolute Gasteiger partial charge is 0.324 e. The molecule has 190 valence electrons. The maximum absolute atomic E-state index is 12.7. The van der Waals surface area contributed by atoms with Gasteiger partial charge in [-0.1, -0.05) is 41.5 Å². The quantitative estimate of drug-likeness (QED) is 0.397. The second-order valence-corrected chi connectivity index (χ2v) is 10.4. The van der Waals surface area contributed by atoms with E-state index in [1.165, 1.54) is 9.80 Å². The van der Waals surface area contributed by atoms with Crippen LogP contribution in [0, 0.1) is 10.8 Å². The van der Waals surface area contributed by atoms with Crippen molar-refractivity contribution in [2.45, 2.75) is 92.2 Å². The van der Waals surface area contributed by atoms with Gasteiger partial charge in [-0.3, -0.25) is 39.6 Å². The lowest BCUT2D eigenvalue weighted by atomic mass is 9.84. The van der Waals surface area contributed by atoms with Crippen LogP contribution < -0.4 is 10.9 Å². The second kappa shape index (κ2) is 10.7. The molecule has 4 amide bonds. The van der Waals surface area contributed by atoms with Gasteiger partial charge in [-0.25, -0.2) is 0 Å². The Kier molecular flexibility index (Phi) is 8.60. The van der Waals surface area contributed by atoms with Crippen LogP contribution in [-0.2, 0) is 28.8 Å². The summed E-state index contributed by atoms with van der Waals surface area (Å²) >= 11 is 0. The van der Waals surface area contributed by atoms with Crippen molar-refractivity contribution < 1.29 is 28.8 Å². The predicted octanol–water partition coefficient (Wildman–Crippen LogP) is 1.13. The van der Waals surface area contributed by atoms with Gasteiger partial charge >= 0.3 is 0 Å². The highest BCUT2D eigenvalue weighted by Gasteiger charge is 2.43. The van der Waals surface area contributed by atoms with Crippen LogP contribution in [0.15, 0.2) is 0 Å². The maximum Gasteiger partial charge on any atom is 0.291 e. The van der Waals surface area contributed by atoms with Crippen molar-refractivity contribution in [3.63, 3.8) is 0 Å². The molecule has 2 atom stereocenters. The summed E-state index contributed by atoms with van der Waals surface area (Å²) in [5, 5.41) is 0. The number of carbonyl (C=O) groups excluding carboxylic acids is 6. The monoisotopic (exact) mass is 478 g/mol. The van der Waals surface area contributed by atoms with Crippen LogP contribution in [0.2, 0.25) is 0 Å². The molecule has 0 aromatic carbocycles. The van der Waals surface area contributed by atoms with Crippen LogP contribution in [0.5, 0.6) is 0 Å². The molecule has 10 nitrogen and oxygen atoms in total. The van der Waals surface area contributed by atoms with Gasteiger partial charge in [0.25, 0.3) is 23.6 Å². The Labute approximate surface area is 201 Å². The van der Waals surface area contributed by atoms with Crippen LogP contribution in [-0.4, -0.2) is 70.2 Å². The molecule has 0 unspecified atom stereocenters. The molecule has 2 aliphatic rings. The van der Waals surface area contributed by atoms with E-state index in [0.29, 0.717) is 38.5 Å². The number of nitrogens with zero attached hydrogens (tertiary/aromatic N) is 2. The Hall–Kier alpha value is -2.78. The zero-order valence-corrected chi connectivity index (χ0v) is 21.2. The van der Waals surface area contributed by atoms with E-state index in [2.05, 4.69) is 10.9 Å². The highest BCUT2D eigenvalue weighted by molar-refractivity contribution is 6.38. The van der Waals surface area contributed by atoms with Gasteiger partial charge in [0.2, 0.25) is 11.6 Å². The van der Waals surface area contributed by atoms with E-state index in [4.69, 9.17) is 0 Å². The highest BCUT2D eigenvalue weighted by atomic mass is 16.2. The molecule has 0 aromatic rings. The first-order valence-corrected chi connectivity index (χ1v) is 12.1. The maximum atomic E-state index is 12.7. The molecular weight excluding hydrogens is 440 g/mol. The number of hydrogen-bond donors (Lipinski definition) is 2. The van der Waals surface area contributed by atoms with E-state index in [1.807, 2.05) is 13.8 Å². The zero-order chi connectivity index (χ0) is 25.8. The molecule has 2 aliphatic heterocycles. The van der Waals surface area contributed by atoms with E-state index < -0.39 is 58.1 Å². The number of ketones is 2. The Balaban J connectivity index is 2.00. The van der Waals surface area contributed by atoms with E-state index in [-0.39, 0.29) is 13.1 Å². The van der Waals surface area contributed by atoms with Crippen molar-refractivity contribution in [2.75, 3.05) is 13.1 Å². The first kappa shape index (κ1) is 27.5. The molecular formula is C24H38N4O6. The molecule has 0 radical (unpaired) electrons. The summed E-state index contributed by atoms with van der Waals surface area (Å²) in [7, 11) is 0. The van der Waals surface area contributed by atoms with E-state index in [9.17, 15) is 28.8 Å². The topological polar surface area (TPSA) is 133 Å². The van der Waals surface area contributed by atoms with Crippen LogP contribution in [0.3, 0.4) is 0 Å². The molecule has 0 saturated carbocycles. The number of amides is 4. The molecule has 2 heterocycles. The first-order chi connectivity index (χ1) is 15.8. The first-order valence-electron chi connectivity index (χ1n) is 12.1. The fourth-order valence-corrected chi connectivity index (χ4v) is 4.02. The van der Waals surface area contributed by atoms with Gasteiger partial charge in [0.1, 0.15) is 12.1 Å². The number of Topliss-reactive ketones (excluding diaryl/α,β-unsaturated/α-hetero) is 2. The molecule has 2 saturated heterocycles. The van der Waals surface area contributed by atoms with Gasteiger partial charge in [-0.2, -0.15) is 0 Å². The molecule has 2 rings (SSSR count). The van der Waals surface area contributed by atoms with Crippen LogP contribution in [0.4, 0.5) is 0 Å². The average molecular weight is 479 g/mol. The lowest BCUT2D eigenvalue weighted by Gasteiger charge is -2.29. The zero-order valence-electron chi connectivity index (χ0n) is 21.2. The molecule has 0 spiro atoms. The number of likely N-dealkylation sites (tertiary alicyclic amines) is 2. The van der Waals surface area contributed by atoms with Crippen molar-refractivity contribution in [2.24, 2.45) is 10.8 Å². The Morgan fingerprint density at radius 3 is 1.29 bits per heavy atom. The average Bonchev–Trinajstić information content (AvgIpc) is 3.50. The fraction of sp³-hybridized carbons (Fsp3) is 0.750. The van der Waals surface area contributed by atoms with Gasteiger partial charge in [0.15, 0.2) is 0 Å². The van der Waals surface area contributed by atoms with Gasteiger partial charge in [-0.05, 0) is 38.5 Å². The summed E-state index contributed by atoms with van der Waals surface area (Å²) < 4.78 is 0. The molecule has 2 N–H and O–H groups in total. The minimum absolute atomic E-state index is 0.288. The van der Waals surface area contributed by atoms with E-state index in [0.717, 1.165) is 0 Å². The van der Waals surface area contributed by atoms with Crippen molar-refractivity contribution in [3.05, 3.63) is 0 Å². The van der Waals surface area contributed by atoms with Crippen molar-refractivity contribution >= 4 is 35.2 Å². The standard InChI is InChI=1S/C24H38N4O6/c1-7-23(3,4)17(29)21(33)27-13-9-11-15(27)19(31)25-26-20(32)16-12-10-14-28(16)22(34)18(30)24(5,6)8-2/h15-16H,7-14H2,1-6H3,(H,25,31)(H,26,32)/t15-,16-/m1/s1. The number of carbonyl (C=O) groups is 6. The number of nitrogens with one attached hydrogen (secondary N) is 2. The van der Waals surface area contributed by atoms with Crippen LogP contribution in [0.25, 0.3) is 0 Å². The number of rotatable bonds is 8. The van der Waals surface area contributed by atoms with Crippen molar-refractivity contribution in [3.8, 4) is 0 Å². The number of hydrazine groups is 1. The van der Waals surface area contributed by atoms with E-state index in [1.54, 1.807) is 27.7 Å². The molecule has 34 heavy (non-hydrogen) atoms. The van der Waals surface area contributed by atoms with Gasteiger partial charge in [0, 0.05) is 23.9 Å². The minimum atomic E-state index is -0.863. The smallest absolute Gasteiger partial charge is 0.291 e.